The second-order valence-corrected chi connectivity index (χ2v) is 7.01. The van der Waals surface area contributed by atoms with E-state index in [1.54, 1.807) is 6.33 Å². The number of aliphatic hydroxyl groups is 1. The fraction of sp³-hybridized carbons (Fsp3) is 0.667. The average molecular weight is 301 g/mol. The summed E-state index contributed by atoms with van der Waals surface area (Å²) in [5.74, 6) is 0.828. The zero-order valence-corrected chi connectivity index (χ0v) is 12.5. The Balaban J connectivity index is 1.51. The van der Waals surface area contributed by atoms with Gasteiger partial charge in [0.15, 0.2) is 11.5 Å². The van der Waals surface area contributed by atoms with E-state index in [9.17, 15) is 5.11 Å². The molecule has 2 saturated carbocycles. The quantitative estimate of drug-likeness (QED) is 0.826. The standard InChI is InChI=1S/C15H19N5O2/c1-14-4-10(5-15(14,6-21)22-14)20-8-18-11-12(19-9-2-3-9)16-7-17-13(11)20/h7-10,21H,2-6H2,1H3,(H,16,17,19)/t10-,14-,15-/m0/s1. The number of aromatic nitrogens is 4. The number of ether oxygens (including phenoxy) is 1. The number of hydrogen-bond acceptors (Lipinski definition) is 6. The van der Waals surface area contributed by atoms with Gasteiger partial charge in [-0.1, -0.05) is 0 Å². The minimum atomic E-state index is -0.365. The van der Waals surface area contributed by atoms with Gasteiger partial charge in [-0.3, -0.25) is 0 Å². The molecule has 0 spiro atoms. The summed E-state index contributed by atoms with van der Waals surface area (Å²) in [7, 11) is 0. The molecule has 5 rings (SSSR count). The molecule has 2 aromatic heterocycles. The van der Waals surface area contributed by atoms with Crippen LogP contribution in [0.15, 0.2) is 12.7 Å². The second-order valence-electron chi connectivity index (χ2n) is 7.01. The summed E-state index contributed by atoms with van der Waals surface area (Å²) >= 11 is 0. The molecule has 2 aromatic rings. The Hall–Kier alpha value is -1.73. The zero-order chi connectivity index (χ0) is 14.9. The fourth-order valence-corrected chi connectivity index (χ4v) is 3.90. The van der Waals surface area contributed by atoms with E-state index in [2.05, 4.69) is 31.8 Å². The molecule has 3 fully saturated rings. The van der Waals surface area contributed by atoms with Crippen molar-refractivity contribution in [1.29, 1.82) is 0 Å². The monoisotopic (exact) mass is 301 g/mol. The molecule has 7 heteroatoms. The molecule has 2 N–H and O–H groups in total. The van der Waals surface area contributed by atoms with Gasteiger partial charge in [-0.05, 0) is 19.8 Å². The Bertz CT molecular complexity index is 757. The van der Waals surface area contributed by atoms with Crippen LogP contribution in [0.5, 0.6) is 0 Å². The number of nitrogens with zero attached hydrogens (tertiary/aromatic N) is 4. The average Bonchev–Trinajstić information content (AvgIpc) is 3.33. The van der Waals surface area contributed by atoms with Crippen molar-refractivity contribution in [2.75, 3.05) is 11.9 Å². The highest BCUT2D eigenvalue weighted by Crippen LogP contribution is 2.62. The van der Waals surface area contributed by atoms with Crippen LogP contribution in [0, 0.1) is 0 Å². The third-order valence-electron chi connectivity index (χ3n) is 5.46. The molecule has 1 saturated heterocycles. The SMILES string of the molecule is C[C@]12C[C@H](n3cnc4c(NC5CC5)ncnc43)C[C@@]1(CO)O2. The Morgan fingerprint density at radius 3 is 2.95 bits per heavy atom. The van der Waals surface area contributed by atoms with Gasteiger partial charge in [0.1, 0.15) is 17.4 Å². The molecule has 3 atom stereocenters. The van der Waals surface area contributed by atoms with Crippen LogP contribution in [0.25, 0.3) is 11.2 Å². The molecule has 0 unspecified atom stereocenters. The van der Waals surface area contributed by atoms with Crippen LogP contribution in [0.3, 0.4) is 0 Å². The van der Waals surface area contributed by atoms with E-state index in [0.29, 0.717) is 6.04 Å². The van der Waals surface area contributed by atoms with Gasteiger partial charge in [-0.2, -0.15) is 0 Å². The maximum atomic E-state index is 9.63. The molecule has 2 aliphatic carbocycles. The van der Waals surface area contributed by atoms with Crippen molar-refractivity contribution < 1.29 is 9.84 Å². The van der Waals surface area contributed by atoms with Crippen molar-refractivity contribution in [1.82, 2.24) is 19.5 Å². The predicted molar refractivity (Wildman–Crippen MR) is 79.5 cm³/mol. The molecular weight excluding hydrogens is 282 g/mol. The van der Waals surface area contributed by atoms with Crippen molar-refractivity contribution in [2.24, 2.45) is 0 Å². The van der Waals surface area contributed by atoms with Gasteiger partial charge in [0, 0.05) is 24.9 Å². The van der Waals surface area contributed by atoms with E-state index in [0.717, 1.165) is 29.8 Å². The second kappa shape index (κ2) is 3.97. The number of imidazole rings is 1. The van der Waals surface area contributed by atoms with Gasteiger partial charge in [0.05, 0.1) is 18.5 Å². The van der Waals surface area contributed by atoms with E-state index < -0.39 is 0 Å². The maximum absolute atomic E-state index is 9.63. The number of epoxide rings is 1. The lowest BCUT2D eigenvalue weighted by Crippen LogP contribution is -2.21. The van der Waals surface area contributed by atoms with Crippen molar-refractivity contribution in [3.05, 3.63) is 12.7 Å². The first-order valence-corrected chi connectivity index (χ1v) is 7.89. The molecule has 0 amide bonds. The van der Waals surface area contributed by atoms with Crippen LogP contribution in [0.4, 0.5) is 5.82 Å². The summed E-state index contributed by atoms with van der Waals surface area (Å²) in [6.07, 6.45) is 7.53. The first kappa shape index (κ1) is 12.8. The molecule has 22 heavy (non-hydrogen) atoms. The van der Waals surface area contributed by atoms with E-state index in [-0.39, 0.29) is 23.9 Å². The number of anilines is 1. The van der Waals surface area contributed by atoms with Gasteiger partial charge < -0.3 is 19.7 Å². The molecule has 3 heterocycles. The Morgan fingerprint density at radius 1 is 1.36 bits per heavy atom. The topological polar surface area (TPSA) is 88.4 Å². The fourth-order valence-electron chi connectivity index (χ4n) is 3.90. The first-order valence-electron chi connectivity index (χ1n) is 7.89. The summed E-state index contributed by atoms with van der Waals surface area (Å²) in [6.45, 7) is 2.16. The van der Waals surface area contributed by atoms with Gasteiger partial charge in [-0.25, -0.2) is 15.0 Å². The van der Waals surface area contributed by atoms with Crippen molar-refractivity contribution in [2.45, 2.75) is 55.9 Å². The number of hydrogen-bond donors (Lipinski definition) is 2. The van der Waals surface area contributed by atoms with Crippen LogP contribution in [0.1, 0.15) is 38.6 Å². The van der Waals surface area contributed by atoms with E-state index >= 15 is 0 Å². The van der Waals surface area contributed by atoms with E-state index in [1.807, 2.05) is 6.33 Å². The van der Waals surface area contributed by atoms with Crippen LogP contribution in [-0.4, -0.2) is 48.5 Å². The van der Waals surface area contributed by atoms with Crippen LogP contribution < -0.4 is 5.32 Å². The summed E-state index contributed by atoms with van der Waals surface area (Å²) in [5, 5.41) is 13.0. The number of fused-ring (bicyclic) bond motifs is 2. The third-order valence-corrected chi connectivity index (χ3v) is 5.46. The largest absolute Gasteiger partial charge is 0.393 e. The lowest BCUT2D eigenvalue weighted by Gasteiger charge is -2.16. The van der Waals surface area contributed by atoms with Crippen LogP contribution in [0.2, 0.25) is 0 Å². The molecule has 0 aromatic carbocycles. The predicted octanol–water partition coefficient (Wildman–Crippen LogP) is 1.26. The summed E-state index contributed by atoms with van der Waals surface area (Å²) in [5.41, 5.74) is 1.13. The smallest absolute Gasteiger partial charge is 0.165 e. The molecular formula is C15H19N5O2. The van der Waals surface area contributed by atoms with Gasteiger partial charge in [0.2, 0.25) is 0 Å². The van der Waals surface area contributed by atoms with Crippen molar-refractivity contribution in [3.63, 3.8) is 0 Å². The summed E-state index contributed by atoms with van der Waals surface area (Å²) in [4.78, 5) is 13.3. The zero-order valence-electron chi connectivity index (χ0n) is 12.5. The highest BCUT2D eigenvalue weighted by molar-refractivity contribution is 5.83. The summed E-state index contributed by atoms with van der Waals surface area (Å²) < 4.78 is 7.89. The lowest BCUT2D eigenvalue weighted by atomic mass is 10.00. The molecule has 0 bridgehead atoms. The highest BCUT2D eigenvalue weighted by atomic mass is 16.6. The first-order chi connectivity index (χ1) is 10.6. The van der Waals surface area contributed by atoms with Gasteiger partial charge >= 0.3 is 0 Å². The number of aliphatic hydroxyl groups excluding tert-OH is 1. The Kier molecular flexibility index (Phi) is 2.30. The normalized spacial score (nSPS) is 36.5. The minimum Gasteiger partial charge on any atom is -0.393 e. The molecule has 3 aliphatic rings. The number of nitrogens with one attached hydrogen (secondary N) is 1. The molecule has 1 aliphatic heterocycles. The van der Waals surface area contributed by atoms with E-state index in [1.165, 1.54) is 12.8 Å². The van der Waals surface area contributed by atoms with Crippen LogP contribution in [-0.2, 0) is 4.74 Å². The third kappa shape index (κ3) is 1.60. The van der Waals surface area contributed by atoms with Crippen molar-refractivity contribution in [3.8, 4) is 0 Å². The van der Waals surface area contributed by atoms with Gasteiger partial charge in [0.25, 0.3) is 0 Å². The summed E-state index contributed by atoms with van der Waals surface area (Å²) in [6, 6.07) is 0.798. The Morgan fingerprint density at radius 2 is 2.23 bits per heavy atom. The number of rotatable bonds is 4. The maximum Gasteiger partial charge on any atom is 0.165 e. The van der Waals surface area contributed by atoms with Gasteiger partial charge in [-0.15, -0.1) is 0 Å². The van der Waals surface area contributed by atoms with Crippen LogP contribution >= 0.6 is 0 Å². The van der Waals surface area contributed by atoms with Crippen molar-refractivity contribution >= 4 is 17.0 Å². The molecule has 116 valence electrons. The minimum absolute atomic E-state index is 0.0795. The van der Waals surface area contributed by atoms with E-state index in [4.69, 9.17) is 4.74 Å². The molecule has 0 radical (unpaired) electrons. The Labute approximate surface area is 127 Å². The highest BCUT2D eigenvalue weighted by Gasteiger charge is 2.72. The molecule has 7 nitrogen and oxygen atoms in total. The lowest BCUT2D eigenvalue weighted by molar-refractivity contribution is 0.133.